The fourth-order valence-corrected chi connectivity index (χ4v) is 3.44. The SMILES string of the molecule is CCSc1cc(C#N)cc(C(=O)N[C@@H](C)c2ncnn2-c2ccc(C#N)cn2)c1. The summed E-state index contributed by atoms with van der Waals surface area (Å²) in [6.07, 6.45) is 2.83. The lowest BCUT2D eigenvalue weighted by Gasteiger charge is -2.15. The van der Waals surface area contributed by atoms with Crippen molar-refractivity contribution in [2.24, 2.45) is 0 Å². The van der Waals surface area contributed by atoms with E-state index in [4.69, 9.17) is 5.26 Å². The molecule has 0 aliphatic rings. The average molecular weight is 403 g/mol. The fraction of sp³-hybridized carbons (Fsp3) is 0.200. The Morgan fingerprint density at radius 2 is 2.00 bits per heavy atom. The van der Waals surface area contributed by atoms with E-state index in [0.29, 0.717) is 28.3 Å². The number of rotatable bonds is 6. The molecule has 0 spiro atoms. The number of hydrogen-bond donors (Lipinski definition) is 1. The van der Waals surface area contributed by atoms with Crippen molar-refractivity contribution in [3.63, 3.8) is 0 Å². The molecule has 0 aliphatic carbocycles. The molecule has 0 unspecified atom stereocenters. The molecule has 0 saturated heterocycles. The zero-order valence-corrected chi connectivity index (χ0v) is 16.6. The molecule has 2 aromatic heterocycles. The molecule has 1 aromatic carbocycles. The van der Waals surface area contributed by atoms with Gasteiger partial charge in [-0.05, 0) is 43.0 Å². The first-order valence-corrected chi connectivity index (χ1v) is 9.79. The molecule has 1 N–H and O–H groups in total. The summed E-state index contributed by atoms with van der Waals surface area (Å²) in [5.41, 5.74) is 1.29. The molecule has 0 radical (unpaired) electrons. The number of nitrogens with one attached hydrogen (secondary N) is 1. The second kappa shape index (κ2) is 9.00. The number of benzene rings is 1. The third kappa shape index (κ3) is 4.60. The zero-order chi connectivity index (χ0) is 20.8. The zero-order valence-electron chi connectivity index (χ0n) is 15.8. The predicted molar refractivity (Wildman–Crippen MR) is 107 cm³/mol. The first-order chi connectivity index (χ1) is 14.0. The van der Waals surface area contributed by atoms with Crippen LogP contribution in [0.4, 0.5) is 0 Å². The molecule has 0 aliphatic heterocycles. The van der Waals surface area contributed by atoms with Crippen LogP contribution in [0, 0.1) is 22.7 Å². The Kier molecular flexibility index (Phi) is 6.22. The molecule has 3 aromatic rings. The van der Waals surface area contributed by atoms with Crippen molar-refractivity contribution in [1.29, 1.82) is 10.5 Å². The van der Waals surface area contributed by atoms with Crippen LogP contribution in [0.15, 0.2) is 47.8 Å². The Hall–Kier alpha value is -3.69. The average Bonchev–Trinajstić information content (AvgIpc) is 3.23. The highest BCUT2D eigenvalue weighted by molar-refractivity contribution is 7.99. The van der Waals surface area contributed by atoms with E-state index in [0.717, 1.165) is 10.6 Å². The molecule has 29 heavy (non-hydrogen) atoms. The van der Waals surface area contributed by atoms with Crippen LogP contribution in [0.5, 0.6) is 0 Å². The van der Waals surface area contributed by atoms with Crippen molar-refractivity contribution >= 4 is 17.7 Å². The van der Waals surface area contributed by atoms with Crippen molar-refractivity contribution in [2.75, 3.05) is 5.75 Å². The lowest BCUT2D eigenvalue weighted by atomic mass is 10.1. The van der Waals surface area contributed by atoms with E-state index in [1.807, 2.05) is 13.0 Å². The third-order valence-corrected chi connectivity index (χ3v) is 4.87. The van der Waals surface area contributed by atoms with Gasteiger partial charge in [-0.15, -0.1) is 11.8 Å². The molecule has 0 saturated carbocycles. The van der Waals surface area contributed by atoms with Gasteiger partial charge in [-0.1, -0.05) is 6.92 Å². The van der Waals surface area contributed by atoms with Crippen molar-refractivity contribution in [2.45, 2.75) is 24.8 Å². The van der Waals surface area contributed by atoms with Crippen LogP contribution in [0.25, 0.3) is 5.82 Å². The van der Waals surface area contributed by atoms with Gasteiger partial charge < -0.3 is 5.32 Å². The standard InChI is InChI=1S/C20H17N7OS/c1-3-29-17-7-15(10-22)6-16(8-17)20(28)26-13(2)19-24-12-25-27(19)18-5-4-14(9-21)11-23-18/h4-8,11-13H,3H2,1-2H3,(H,26,28)/t13-/m0/s1. The van der Waals surface area contributed by atoms with E-state index in [1.165, 1.54) is 17.2 Å². The number of nitriles is 2. The Morgan fingerprint density at radius 1 is 1.21 bits per heavy atom. The maximum atomic E-state index is 12.8. The molecule has 8 nitrogen and oxygen atoms in total. The number of amides is 1. The number of nitrogens with zero attached hydrogens (tertiary/aromatic N) is 6. The molecule has 0 bridgehead atoms. The largest absolute Gasteiger partial charge is 0.342 e. The summed E-state index contributed by atoms with van der Waals surface area (Å²) in [5.74, 6) is 1.52. The molecule has 0 fully saturated rings. The van der Waals surface area contributed by atoms with Crippen LogP contribution >= 0.6 is 11.8 Å². The second-order valence-corrected chi connectivity index (χ2v) is 7.37. The van der Waals surface area contributed by atoms with Crippen molar-refractivity contribution < 1.29 is 4.79 Å². The molecular weight excluding hydrogens is 386 g/mol. The van der Waals surface area contributed by atoms with E-state index in [2.05, 4.69) is 26.5 Å². The molecule has 1 amide bonds. The van der Waals surface area contributed by atoms with Crippen LogP contribution in [-0.2, 0) is 0 Å². The van der Waals surface area contributed by atoms with E-state index in [-0.39, 0.29) is 5.91 Å². The number of aromatic nitrogens is 4. The Bertz CT molecular complexity index is 1110. The number of carbonyl (C=O) groups is 1. The van der Waals surface area contributed by atoms with Gasteiger partial charge in [0.15, 0.2) is 11.6 Å². The number of pyridine rings is 1. The Balaban J connectivity index is 1.83. The second-order valence-electron chi connectivity index (χ2n) is 6.03. The van der Waals surface area contributed by atoms with Gasteiger partial charge in [-0.3, -0.25) is 4.79 Å². The quantitative estimate of drug-likeness (QED) is 0.628. The first-order valence-electron chi connectivity index (χ1n) is 8.81. The van der Waals surface area contributed by atoms with Gasteiger partial charge in [0.05, 0.1) is 23.2 Å². The van der Waals surface area contributed by atoms with E-state index >= 15 is 0 Å². The highest BCUT2D eigenvalue weighted by atomic mass is 32.2. The lowest BCUT2D eigenvalue weighted by Crippen LogP contribution is -2.29. The topological polar surface area (TPSA) is 120 Å². The van der Waals surface area contributed by atoms with Gasteiger partial charge in [-0.25, -0.2) is 9.97 Å². The fourth-order valence-electron chi connectivity index (χ4n) is 2.69. The van der Waals surface area contributed by atoms with Gasteiger partial charge in [0, 0.05) is 16.7 Å². The molecular formula is C20H17N7OS. The van der Waals surface area contributed by atoms with Gasteiger partial charge in [0.2, 0.25) is 0 Å². The summed E-state index contributed by atoms with van der Waals surface area (Å²) < 4.78 is 1.51. The van der Waals surface area contributed by atoms with Crippen molar-refractivity contribution in [3.05, 3.63) is 65.4 Å². The van der Waals surface area contributed by atoms with Crippen LogP contribution in [-0.4, -0.2) is 31.4 Å². The minimum atomic E-state index is -0.463. The molecule has 9 heteroatoms. The minimum Gasteiger partial charge on any atom is -0.342 e. The van der Waals surface area contributed by atoms with Gasteiger partial charge in [-0.2, -0.15) is 20.3 Å². The predicted octanol–water partition coefficient (Wildman–Crippen LogP) is 3.01. The minimum absolute atomic E-state index is 0.310. The highest BCUT2D eigenvalue weighted by Crippen LogP contribution is 2.22. The van der Waals surface area contributed by atoms with Gasteiger partial charge >= 0.3 is 0 Å². The molecule has 1 atom stereocenters. The monoisotopic (exact) mass is 403 g/mol. The maximum absolute atomic E-state index is 12.8. The van der Waals surface area contributed by atoms with E-state index in [9.17, 15) is 10.1 Å². The first kappa shape index (κ1) is 20.1. The number of carbonyl (C=O) groups excluding carboxylic acids is 1. The van der Waals surface area contributed by atoms with Crippen LogP contribution in [0.2, 0.25) is 0 Å². The Labute approximate surface area is 172 Å². The molecule has 3 rings (SSSR count). The summed E-state index contributed by atoms with van der Waals surface area (Å²) >= 11 is 1.57. The third-order valence-electron chi connectivity index (χ3n) is 4.01. The van der Waals surface area contributed by atoms with E-state index in [1.54, 1.807) is 49.0 Å². The van der Waals surface area contributed by atoms with Crippen molar-refractivity contribution in [3.8, 4) is 18.0 Å². The molecule has 2 heterocycles. The smallest absolute Gasteiger partial charge is 0.251 e. The highest BCUT2D eigenvalue weighted by Gasteiger charge is 2.19. The molecule has 144 valence electrons. The number of thioether (sulfide) groups is 1. The Morgan fingerprint density at radius 3 is 2.66 bits per heavy atom. The summed E-state index contributed by atoms with van der Waals surface area (Å²) in [7, 11) is 0. The van der Waals surface area contributed by atoms with Gasteiger partial charge in [0.1, 0.15) is 12.4 Å². The van der Waals surface area contributed by atoms with Gasteiger partial charge in [0.25, 0.3) is 5.91 Å². The summed E-state index contributed by atoms with van der Waals surface area (Å²) in [4.78, 5) is 22.1. The lowest BCUT2D eigenvalue weighted by molar-refractivity contribution is 0.0937. The van der Waals surface area contributed by atoms with Crippen LogP contribution < -0.4 is 5.32 Å². The summed E-state index contributed by atoms with van der Waals surface area (Å²) in [5, 5.41) is 25.2. The van der Waals surface area contributed by atoms with E-state index < -0.39 is 6.04 Å². The summed E-state index contributed by atoms with van der Waals surface area (Å²) in [6, 6.07) is 12.0. The van der Waals surface area contributed by atoms with Crippen LogP contribution in [0.1, 0.15) is 47.2 Å². The summed E-state index contributed by atoms with van der Waals surface area (Å²) in [6.45, 7) is 3.80. The van der Waals surface area contributed by atoms with Crippen LogP contribution in [0.3, 0.4) is 0 Å². The normalized spacial score (nSPS) is 11.3. The van der Waals surface area contributed by atoms with Crippen molar-refractivity contribution in [1.82, 2.24) is 25.1 Å². The number of hydrogen-bond acceptors (Lipinski definition) is 7. The maximum Gasteiger partial charge on any atom is 0.251 e.